The van der Waals surface area contributed by atoms with E-state index < -0.39 is 22.8 Å². The fourth-order valence-electron chi connectivity index (χ4n) is 3.26. The smallest absolute Gasteiger partial charge is 0.344 e. The molecule has 3 rings (SSSR count). The molecule has 1 N–H and O–H groups in total. The number of nitrogens with one attached hydrogen (secondary N) is 1. The predicted octanol–water partition coefficient (Wildman–Crippen LogP) is 4.49. The summed E-state index contributed by atoms with van der Waals surface area (Å²) in [5.74, 6) is -0.601. The Balaban J connectivity index is 1.66. The van der Waals surface area contributed by atoms with Crippen LogP contribution in [0.1, 0.15) is 47.2 Å². The van der Waals surface area contributed by atoms with E-state index in [1.165, 1.54) is 11.6 Å². The maximum Gasteiger partial charge on any atom is 0.344 e. The van der Waals surface area contributed by atoms with Gasteiger partial charge in [-0.2, -0.15) is 10.2 Å². The normalized spacial score (nSPS) is 12.2. The minimum atomic E-state index is -0.803. The fourth-order valence-corrected chi connectivity index (χ4v) is 3.70. The number of carbonyl (C=O) groups excluding carboxylic acids is 2. The highest BCUT2D eigenvalue weighted by Crippen LogP contribution is 2.24. The molecule has 34 heavy (non-hydrogen) atoms. The first-order chi connectivity index (χ1) is 16.1. The Morgan fingerprint density at radius 3 is 2.41 bits per heavy atom. The van der Waals surface area contributed by atoms with Gasteiger partial charge in [0.05, 0.1) is 16.2 Å². The molecule has 0 saturated carbocycles. The summed E-state index contributed by atoms with van der Waals surface area (Å²) in [6, 6.07) is 12.8. The van der Waals surface area contributed by atoms with Crippen LogP contribution in [0.25, 0.3) is 0 Å². The first-order valence-electron chi connectivity index (χ1n) is 10.2. The van der Waals surface area contributed by atoms with Crippen molar-refractivity contribution in [2.75, 3.05) is 0 Å². The monoisotopic (exact) mass is 527 g/mol. The Kier molecular flexibility index (Phi) is 7.57. The summed E-state index contributed by atoms with van der Waals surface area (Å²) >= 11 is 3.32. The molecule has 3 aromatic rings. The molecule has 0 bridgehead atoms. The number of hydrogen-bond acceptors (Lipinski definition) is 7. The second-order valence-corrected chi connectivity index (χ2v) is 8.32. The van der Waals surface area contributed by atoms with Crippen LogP contribution in [0.2, 0.25) is 0 Å². The topological polar surface area (TPSA) is 129 Å². The number of carbonyl (C=O) groups is 2. The van der Waals surface area contributed by atoms with Crippen LogP contribution >= 0.6 is 15.9 Å². The zero-order valence-corrected chi connectivity index (χ0v) is 20.5. The van der Waals surface area contributed by atoms with Crippen LogP contribution in [0.4, 0.5) is 5.69 Å². The molecule has 1 aromatic heterocycles. The van der Waals surface area contributed by atoms with Gasteiger partial charge in [0.2, 0.25) is 0 Å². The molecule has 0 spiro atoms. The molecule has 1 unspecified atom stereocenters. The van der Waals surface area contributed by atoms with Crippen LogP contribution < -0.4 is 10.2 Å². The highest BCUT2D eigenvalue weighted by Gasteiger charge is 2.27. The summed E-state index contributed by atoms with van der Waals surface area (Å²) in [7, 11) is 0. The van der Waals surface area contributed by atoms with Crippen LogP contribution in [-0.2, 0) is 4.79 Å². The van der Waals surface area contributed by atoms with Gasteiger partial charge in [-0.1, -0.05) is 12.1 Å². The molecule has 0 saturated heterocycles. The molecular formula is C23H22BrN5O5. The zero-order chi connectivity index (χ0) is 25.0. The number of nitro groups is 1. The largest absolute Gasteiger partial charge is 0.423 e. The van der Waals surface area contributed by atoms with E-state index in [-0.39, 0.29) is 11.4 Å². The van der Waals surface area contributed by atoms with E-state index in [1.54, 1.807) is 69.3 Å². The first kappa shape index (κ1) is 24.8. The minimum absolute atomic E-state index is 0.111. The lowest BCUT2D eigenvalue weighted by atomic mass is 10.1. The van der Waals surface area contributed by atoms with Crippen molar-refractivity contribution in [1.29, 1.82) is 0 Å². The predicted molar refractivity (Wildman–Crippen MR) is 129 cm³/mol. The third-order valence-electron chi connectivity index (χ3n) is 5.13. The van der Waals surface area contributed by atoms with Gasteiger partial charge >= 0.3 is 11.7 Å². The highest BCUT2D eigenvalue weighted by molar-refractivity contribution is 9.10. The van der Waals surface area contributed by atoms with Gasteiger partial charge < -0.3 is 4.74 Å². The molecule has 0 aliphatic heterocycles. The van der Waals surface area contributed by atoms with Gasteiger partial charge in [-0.15, -0.1) is 0 Å². The average Bonchev–Trinajstić information content (AvgIpc) is 3.11. The number of hydrazone groups is 1. The summed E-state index contributed by atoms with van der Waals surface area (Å²) < 4.78 is 7.34. The Morgan fingerprint density at radius 1 is 1.18 bits per heavy atom. The fraction of sp³-hybridized carbons (Fsp3) is 0.217. The van der Waals surface area contributed by atoms with Crippen molar-refractivity contribution in [3.8, 4) is 5.75 Å². The molecule has 1 heterocycles. The van der Waals surface area contributed by atoms with E-state index in [4.69, 9.17) is 4.74 Å². The second kappa shape index (κ2) is 10.4. The lowest BCUT2D eigenvalue weighted by Gasteiger charge is -2.12. The van der Waals surface area contributed by atoms with E-state index in [9.17, 15) is 19.7 Å². The molecular weight excluding hydrogens is 506 g/mol. The molecule has 176 valence electrons. The number of nitrogens with zero attached hydrogens (tertiary/aromatic N) is 4. The highest BCUT2D eigenvalue weighted by atomic mass is 79.9. The minimum Gasteiger partial charge on any atom is -0.423 e. The number of aromatic nitrogens is 2. The van der Waals surface area contributed by atoms with Crippen molar-refractivity contribution in [2.24, 2.45) is 5.10 Å². The summed E-state index contributed by atoms with van der Waals surface area (Å²) in [5.41, 5.74) is 4.52. The van der Waals surface area contributed by atoms with Crippen LogP contribution in [0, 0.1) is 24.0 Å². The molecule has 0 fully saturated rings. The van der Waals surface area contributed by atoms with E-state index in [1.807, 2.05) is 0 Å². The summed E-state index contributed by atoms with van der Waals surface area (Å²) in [6.45, 7) is 6.36. The molecule has 2 aromatic carbocycles. The van der Waals surface area contributed by atoms with Gasteiger partial charge in [0, 0.05) is 4.47 Å². The van der Waals surface area contributed by atoms with E-state index in [2.05, 4.69) is 31.6 Å². The Bertz CT molecular complexity index is 1280. The Morgan fingerprint density at radius 2 is 1.82 bits per heavy atom. The van der Waals surface area contributed by atoms with Crippen LogP contribution in [0.3, 0.4) is 0 Å². The van der Waals surface area contributed by atoms with Gasteiger partial charge in [0.1, 0.15) is 23.2 Å². The third-order valence-corrected chi connectivity index (χ3v) is 5.82. The van der Waals surface area contributed by atoms with E-state index >= 15 is 0 Å². The lowest BCUT2D eigenvalue weighted by molar-refractivity contribution is -0.386. The molecule has 11 heteroatoms. The summed E-state index contributed by atoms with van der Waals surface area (Å²) in [5, 5.41) is 19.4. The number of rotatable bonds is 7. The van der Waals surface area contributed by atoms with Crippen molar-refractivity contribution in [1.82, 2.24) is 15.2 Å². The second-order valence-electron chi connectivity index (χ2n) is 7.46. The molecule has 1 atom stereocenters. The molecule has 0 aliphatic rings. The standard InChI is InChI=1S/C23H22BrN5O5/c1-13(25-26-22(30)16(4)28-15(3)21(29(32)33)14(2)27-28)17-9-11-18(12-10-17)34-23(31)19-7-5-6-8-20(19)24/h5-12,16H,1-4H3,(H,26,30). The number of benzene rings is 2. The lowest BCUT2D eigenvalue weighted by Crippen LogP contribution is -2.29. The van der Waals surface area contributed by atoms with Crippen molar-refractivity contribution >= 4 is 39.2 Å². The van der Waals surface area contributed by atoms with Crippen molar-refractivity contribution < 1.29 is 19.2 Å². The molecule has 0 aliphatic carbocycles. The Labute approximate surface area is 203 Å². The zero-order valence-electron chi connectivity index (χ0n) is 18.9. The van der Waals surface area contributed by atoms with Crippen molar-refractivity contribution in [2.45, 2.75) is 33.7 Å². The number of amides is 1. The first-order valence-corrected chi connectivity index (χ1v) is 11.0. The maximum absolute atomic E-state index is 12.5. The number of aryl methyl sites for hydroxylation is 1. The number of hydrogen-bond donors (Lipinski definition) is 1. The van der Waals surface area contributed by atoms with Gasteiger partial charge in [-0.3, -0.25) is 19.6 Å². The summed E-state index contributed by atoms with van der Waals surface area (Å²) in [6.07, 6.45) is 0. The third kappa shape index (κ3) is 5.37. The van der Waals surface area contributed by atoms with Crippen LogP contribution in [0.15, 0.2) is 58.1 Å². The molecule has 0 radical (unpaired) electrons. The molecule has 1 amide bonds. The molecule has 10 nitrogen and oxygen atoms in total. The van der Waals surface area contributed by atoms with Crippen molar-refractivity contribution in [3.05, 3.63) is 85.6 Å². The van der Waals surface area contributed by atoms with Gasteiger partial charge in [0.15, 0.2) is 0 Å². The average molecular weight is 528 g/mol. The quantitative estimate of drug-likeness (QED) is 0.158. The van der Waals surface area contributed by atoms with Crippen LogP contribution in [-0.4, -0.2) is 32.3 Å². The summed E-state index contributed by atoms with van der Waals surface area (Å²) in [4.78, 5) is 35.6. The number of esters is 1. The van der Waals surface area contributed by atoms with Crippen LogP contribution in [0.5, 0.6) is 5.75 Å². The van der Waals surface area contributed by atoms with Gasteiger partial charge in [-0.25, -0.2) is 10.2 Å². The van der Waals surface area contributed by atoms with E-state index in [0.717, 1.165) is 0 Å². The van der Waals surface area contributed by atoms with Crippen molar-refractivity contribution in [3.63, 3.8) is 0 Å². The van der Waals surface area contributed by atoms with E-state index in [0.29, 0.717) is 32.8 Å². The van der Waals surface area contributed by atoms with Gasteiger partial charge in [-0.05, 0) is 85.6 Å². The maximum atomic E-state index is 12.5. The number of ether oxygens (including phenoxy) is 1. The number of halogens is 1. The Hall–Kier alpha value is -3.86. The SMILES string of the molecule is CC(=NNC(=O)C(C)n1nc(C)c([N+](=O)[O-])c1C)c1ccc(OC(=O)c2ccccc2Br)cc1. The van der Waals surface area contributed by atoms with Gasteiger partial charge in [0.25, 0.3) is 5.91 Å².